The Morgan fingerprint density at radius 2 is 2.15 bits per heavy atom. The number of allylic oxidation sites excluding steroid dienone is 1. The van der Waals surface area contributed by atoms with Crippen LogP contribution >= 0.6 is 27.7 Å². The lowest BCUT2D eigenvalue weighted by Crippen LogP contribution is -2.41. The number of thioether (sulfide) groups is 1. The molecule has 1 aromatic heterocycles. The van der Waals surface area contributed by atoms with E-state index in [-0.39, 0.29) is 17.4 Å². The molecule has 1 fully saturated rings. The lowest BCUT2D eigenvalue weighted by molar-refractivity contribution is -0.132. The standard InChI is InChI=1S/C17H19BrN4O3S/c1-2-5-22-16(13-10-12(18)3-4-14(13)23)19-20-17(22)26-11-15(24)21-6-8-25-9-7-21/h2-4,10,23H,1,5-9,11H2. The zero-order chi connectivity index (χ0) is 18.5. The first-order valence-corrected chi connectivity index (χ1v) is 9.89. The van der Waals surface area contributed by atoms with Crippen LogP contribution < -0.4 is 0 Å². The number of phenolic OH excluding ortho intramolecular Hbond substituents is 1. The van der Waals surface area contributed by atoms with Crippen LogP contribution in [0.1, 0.15) is 0 Å². The smallest absolute Gasteiger partial charge is 0.233 e. The van der Waals surface area contributed by atoms with Crippen molar-refractivity contribution in [2.45, 2.75) is 11.7 Å². The van der Waals surface area contributed by atoms with Gasteiger partial charge in [0.05, 0.1) is 24.5 Å². The third-order valence-electron chi connectivity index (χ3n) is 3.92. The summed E-state index contributed by atoms with van der Waals surface area (Å²) >= 11 is 4.73. The van der Waals surface area contributed by atoms with Gasteiger partial charge in [-0.3, -0.25) is 9.36 Å². The van der Waals surface area contributed by atoms with Crippen LogP contribution in [0.5, 0.6) is 5.75 Å². The molecule has 1 amide bonds. The summed E-state index contributed by atoms with van der Waals surface area (Å²) < 4.78 is 7.94. The number of halogens is 1. The van der Waals surface area contributed by atoms with Crippen LogP contribution in [0.25, 0.3) is 11.4 Å². The minimum Gasteiger partial charge on any atom is -0.507 e. The van der Waals surface area contributed by atoms with Gasteiger partial charge in [0.25, 0.3) is 0 Å². The van der Waals surface area contributed by atoms with Gasteiger partial charge in [0.1, 0.15) is 5.75 Å². The van der Waals surface area contributed by atoms with Crippen LogP contribution in [-0.4, -0.2) is 62.7 Å². The molecule has 1 aliphatic rings. The average molecular weight is 439 g/mol. The molecule has 0 spiro atoms. The molecule has 0 radical (unpaired) electrons. The molecule has 0 atom stereocenters. The Balaban J connectivity index is 1.79. The number of hydrogen-bond acceptors (Lipinski definition) is 6. The number of morpholine rings is 1. The second-order valence-corrected chi connectivity index (χ2v) is 7.51. The highest BCUT2D eigenvalue weighted by molar-refractivity contribution is 9.10. The normalized spacial score (nSPS) is 14.4. The predicted molar refractivity (Wildman–Crippen MR) is 103 cm³/mol. The van der Waals surface area contributed by atoms with Gasteiger partial charge in [-0.25, -0.2) is 0 Å². The zero-order valence-corrected chi connectivity index (χ0v) is 16.5. The van der Waals surface area contributed by atoms with E-state index in [9.17, 15) is 9.90 Å². The van der Waals surface area contributed by atoms with Crippen LogP contribution in [-0.2, 0) is 16.1 Å². The average Bonchev–Trinajstić information content (AvgIpc) is 3.05. The first-order chi connectivity index (χ1) is 12.6. The molecule has 2 heterocycles. The van der Waals surface area contributed by atoms with E-state index in [0.717, 1.165) is 4.47 Å². The summed E-state index contributed by atoms with van der Waals surface area (Å²) in [7, 11) is 0. The highest BCUT2D eigenvalue weighted by Crippen LogP contribution is 2.32. The Hall–Kier alpha value is -1.84. The van der Waals surface area contributed by atoms with Gasteiger partial charge < -0.3 is 14.7 Å². The van der Waals surface area contributed by atoms with E-state index in [1.807, 2.05) is 4.57 Å². The van der Waals surface area contributed by atoms with Crippen molar-refractivity contribution in [3.63, 3.8) is 0 Å². The maximum Gasteiger partial charge on any atom is 0.233 e. The summed E-state index contributed by atoms with van der Waals surface area (Å²) in [6.07, 6.45) is 1.73. The third kappa shape index (κ3) is 4.28. The molecule has 0 saturated carbocycles. The molecule has 3 rings (SSSR count). The number of nitrogens with zero attached hydrogens (tertiary/aromatic N) is 4. The number of carbonyl (C=O) groups is 1. The van der Waals surface area contributed by atoms with Crippen LogP contribution in [0.15, 0.2) is 40.5 Å². The van der Waals surface area contributed by atoms with Crippen molar-refractivity contribution in [3.8, 4) is 17.1 Å². The number of carbonyl (C=O) groups excluding carboxylic acids is 1. The molecule has 138 valence electrons. The number of aromatic hydroxyl groups is 1. The Kier molecular flexibility index (Phi) is 6.33. The fourth-order valence-electron chi connectivity index (χ4n) is 2.61. The molecule has 9 heteroatoms. The first-order valence-electron chi connectivity index (χ1n) is 8.11. The van der Waals surface area contributed by atoms with Crippen molar-refractivity contribution in [1.82, 2.24) is 19.7 Å². The van der Waals surface area contributed by atoms with Gasteiger partial charge in [-0.15, -0.1) is 16.8 Å². The van der Waals surface area contributed by atoms with E-state index in [2.05, 4.69) is 32.7 Å². The van der Waals surface area contributed by atoms with Crippen molar-refractivity contribution in [2.24, 2.45) is 0 Å². The highest BCUT2D eigenvalue weighted by atomic mass is 79.9. The molecule has 1 aromatic carbocycles. The monoisotopic (exact) mass is 438 g/mol. The predicted octanol–water partition coefficient (Wildman–Crippen LogP) is 2.55. The SMILES string of the molecule is C=CCn1c(SCC(=O)N2CCOCC2)nnc1-c1cc(Br)ccc1O. The molecule has 0 bridgehead atoms. The molecule has 0 unspecified atom stereocenters. The fourth-order valence-corrected chi connectivity index (χ4v) is 3.82. The highest BCUT2D eigenvalue weighted by Gasteiger charge is 2.20. The van der Waals surface area contributed by atoms with E-state index >= 15 is 0 Å². The minimum atomic E-state index is 0.0540. The quantitative estimate of drug-likeness (QED) is 0.551. The first kappa shape index (κ1) is 18.9. The van der Waals surface area contributed by atoms with Crippen molar-refractivity contribution in [1.29, 1.82) is 0 Å². The van der Waals surface area contributed by atoms with Crippen LogP contribution in [0.4, 0.5) is 0 Å². The number of hydrogen-bond donors (Lipinski definition) is 1. The van der Waals surface area contributed by atoms with Crippen molar-refractivity contribution in [2.75, 3.05) is 32.1 Å². The largest absolute Gasteiger partial charge is 0.507 e. The number of aromatic nitrogens is 3. The van der Waals surface area contributed by atoms with Crippen molar-refractivity contribution < 1.29 is 14.6 Å². The minimum absolute atomic E-state index is 0.0540. The molecular formula is C17H19BrN4O3S. The van der Waals surface area contributed by atoms with Gasteiger partial charge in [0.2, 0.25) is 5.91 Å². The second-order valence-electron chi connectivity index (χ2n) is 5.65. The van der Waals surface area contributed by atoms with Crippen molar-refractivity contribution >= 4 is 33.6 Å². The lowest BCUT2D eigenvalue weighted by atomic mass is 10.2. The second kappa shape index (κ2) is 8.70. The van der Waals surface area contributed by atoms with Gasteiger partial charge in [0, 0.05) is 24.1 Å². The fraction of sp³-hybridized carbons (Fsp3) is 0.353. The number of rotatable bonds is 6. The summed E-state index contributed by atoms with van der Waals surface area (Å²) in [5.74, 6) is 0.981. The van der Waals surface area contributed by atoms with Gasteiger partial charge in [0.15, 0.2) is 11.0 Å². The zero-order valence-electron chi connectivity index (χ0n) is 14.1. The Morgan fingerprint density at radius 3 is 2.88 bits per heavy atom. The Morgan fingerprint density at radius 1 is 1.38 bits per heavy atom. The van der Waals surface area contributed by atoms with E-state index in [4.69, 9.17) is 4.74 Å². The van der Waals surface area contributed by atoms with E-state index in [0.29, 0.717) is 49.4 Å². The van der Waals surface area contributed by atoms with E-state index < -0.39 is 0 Å². The number of amides is 1. The van der Waals surface area contributed by atoms with E-state index in [1.54, 1.807) is 29.2 Å². The molecule has 26 heavy (non-hydrogen) atoms. The molecule has 0 aliphatic carbocycles. The van der Waals surface area contributed by atoms with Crippen molar-refractivity contribution in [3.05, 3.63) is 35.3 Å². The number of phenols is 1. The number of benzene rings is 1. The molecule has 2 aromatic rings. The topological polar surface area (TPSA) is 80.5 Å². The Labute approximate surface area is 164 Å². The summed E-state index contributed by atoms with van der Waals surface area (Å²) in [6.45, 7) is 6.65. The van der Waals surface area contributed by atoms with Gasteiger partial charge in [-0.05, 0) is 18.2 Å². The maximum atomic E-state index is 12.3. The molecular weight excluding hydrogens is 420 g/mol. The van der Waals surface area contributed by atoms with Gasteiger partial charge in [-0.1, -0.05) is 33.8 Å². The summed E-state index contributed by atoms with van der Waals surface area (Å²) in [5.41, 5.74) is 0.570. The molecule has 1 saturated heterocycles. The summed E-state index contributed by atoms with van der Waals surface area (Å²) in [4.78, 5) is 14.1. The summed E-state index contributed by atoms with van der Waals surface area (Å²) in [6, 6.07) is 5.14. The van der Waals surface area contributed by atoms with Crippen LogP contribution in [0, 0.1) is 0 Å². The van der Waals surface area contributed by atoms with Gasteiger partial charge in [-0.2, -0.15) is 0 Å². The molecule has 1 aliphatic heterocycles. The Bertz CT molecular complexity index is 805. The van der Waals surface area contributed by atoms with Crippen LogP contribution in [0.3, 0.4) is 0 Å². The summed E-state index contributed by atoms with van der Waals surface area (Å²) in [5, 5.41) is 19.2. The molecule has 1 N–H and O–H groups in total. The maximum absolute atomic E-state index is 12.3. The van der Waals surface area contributed by atoms with E-state index in [1.165, 1.54) is 11.8 Å². The van der Waals surface area contributed by atoms with Crippen LogP contribution in [0.2, 0.25) is 0 Å². The van der Waals surface area contributed by atoms with Gasteiger partial charge >= 0.3 is 0 Å². The lowest BCUT2D eigenvalue weighted by Gasteiger charge is -2.26. The third-order valence-corrected chi connectivity index (χ3v) is 5.36. The molecule has 7 nitrogen and oxygen atoms in total. The number of ether oxygens (including phenoxy) is 1.